The number of hydrogen-bond acceptors (Lipinski definition) is 12. The molecule has 0 fully saturated rings. The molecule has 0 aliphatic carbocycles. The fourth-order valence-electron chi connectivity index (χ4n) is 0.697. The first-order valence-corrected chi connectivity index (χ1v) is 57.3. The summed E-state index contributed by atoms with van der Waals surface area (Å²) in [5.41, 5.74) is 0. The zero-order chi connectivity index (χ0) is 49.0. The van der Waals surface area contributed by atoms with Crippen molar-refractivity contribution >= 4 is 360 Å². The molecule has 0 aromatic heterocycles. The Kier molecular flexibility index (Phi) is 143. The van der Waals surface area contributed by atoms with Crippen molar-refractivity contribution in [1.29, 1.82) is 0 Å². The van der Waals surface area contributed by atoms with Crippen molar-refractivity contribution in [2.24, 2.45) is 0 Å². The summed E-state index contributed by atoms with van der Waals surface area (Å²) in [6, 6.07) is 0. The van der Waals surface area contributed by atoms with E-state index in [1.165, 1.54) is 74.4 Å². The molecule has 0 atom stereocenters. The van der Waals surface area contributed by atoms with Gasteiger partial charge in [-0.2, -0.15) is 0 Å². The van der Waals surface area contributed by atoms with Gasteiger partial charge in [0.15, 0.2) is 0 Å². The fourth-order valence-corrected chi connectivity index (χ4v) is 69.3. The molecule has 0 aromatic rings. The van der Waals surface area contributed by atoms with Crippen molar-refractivity contribution < 1.29 is 86.9 Å². The monoisotopic (exact) mass is 1580 g/mol. The van der Waals surface area contributed by atoms with E-state index in [0.717, 1.165) is 7.11 Å². The predicted octanol–water partition coefficient (Wildman–Crippen LogP) is -2.26. The molecule has 0 bridgehead atoms. The zero-order valence-electron chi connectivity index (χ0n) is 32.6. The summed E-state index contributed by atoms with van der Waals surface area (Å²) in [6.07, 6.45) is 4.60. The summed E-state index contributed by atoms with van der Waals surface area (Å²) < 4.78 is 8.36. The summed E-state index contributed by atoms with van der Waals surface area (Å²) >= 11 is 28.1. The van der Waals surface area contributed by atoms with E-state index in [9.17, 15) is 14.4 Å². The van der Waals surface area contributed by atoms with Gasteiger partial charge >= 0.3 is 69.3 Å². The van der Waals surface area contributed by atoms with Gasteiger partial charge in [0.2, 0.25) is 0 Å². The van der Waals surface area contributed by atoms with Gasteiger partial charge < -0.3 is 21.1 Å². The van der Waals surface area contributed by atoms with Crippen molar-refractivity contribution in [3.05, 3.63) is 0 Å². The van der Waals surface area contributed by atoms with Crippen molar-refractivity contribution in [2.75, 3.05) is 21.3 Å². The second-order valence-electron chi connectivity index (χ2n) is 4.81. The first-order valence-electron chi connectivity index (χ1n) is 12.0. The Morgan fingerprint density at radius 2 is 0.556 bits per heavy atom. The molecule has 0 rings (SSSR count). The van der Waals surface area contributed by atoms with Gasteiger partial charge in [-0.3, -0.25) is 0 Å². The maximum absolute atomic E-state index is 10.0. The summed E-state index contributed by atoms with van der Waals surface area (Å²) in [6.45, 7) is 6.29. The molecule has 0 saturated heterocycles. The van der Waals surface area contributed by atoms with Gasteiger partial charge in [-0.15, -0.1) is 12.3 Å². The number of rotatable bonds is 0. The molecule has 0 radical (unpaired) electrons. The molecule has 0 spiro atoms. The molecule has 0 aliphatic heterocycles. The van der Waals surface area contributed by atoms with Crippen LogP contribution in [-0.4, -0.2) is 49.5 Å². The molecule has 63 heavy (non-hydrogen) atoms. The smallest absolute Gasteiger partial charge is 1.00 e. The van der Waals surface area contributed by atoms with Crippen LogP contribution in [0.3, 0.4) is 0 Å². The van der Waals surface area contributed by atoms with E-state index >= 15 is 0 Å². The molecule has 0 aliphatic rings. The fraction of sp³-hybridized carbons (Fsp3) is 0.389. The first kappa shape index (κ1) is 89.0. The van der Waals surface area contributed by atoms with Gasteiger partial charge in [-0.05, 0) is 27.7 Å². The number of esters is 2. The largest absolute Gasteiger partial charge is 1.00 e. The minimum Gasteiger partial charge on any atom is -1.00 e. The molecule has 0 heterocycles. The Morgan fingerprint density at radius 1 is 0.413 bits per heavy atom. The van der Waals surface area contributed by atoms with E-state index in [1.54, 1.807) is 243 Å². The second-order valence-corrected chi connectivity index (χ2v) is 59.7. The predicted molar refractivity (Wildman–Crippen MR) is 368 cm³/mol. The van der Waals surface area contributed by atoms with Crippen molar-refractivity contribution in [3.8, 4) is 47.9 Å². The second kappa shape index (κ2) is 101. The van der Waals surface area contributed by atoms with Crippen molar-refractivity contribution in [3.63, 3.8) is 0 Å². The van der Waals surface area contributed by atoms with E-state index < -0.39 is 17.9 Å². The van der Waals surface area contributed by atoms with E-state index in [0.29, 0.717) is 0 Å². The number of ether oxygens (including phenoxy) is 2. The number of terminal acetylenes is 1. The van der Waals surface area contributed by atoms with Crippen LogP contribution in [0.1, 0.15) is 29.1 Å². The number of aliphatic hydroxyl groups excluding tert-OH is 1. The zero-order valence-corrected chi connectivity index (χ0v) is 65.0. The molecule has 2 N–H and O–H groups in total. The van der Waals surface area contributed by atoms with E-state index in [4.69, 9.17) is 55.0 Å². The maximum Gasteiger partial charge on any atom is 1.00 e. The number of aliphatic carboxylic acids is 1. The molecule has 0 aromatic carbocycles. The third kappa shape index (κ3) is 134. The third-order valence-corrected chi connectivity index (χ3v) is 64.1. The number of carboxylic acid groups (broad SMARTS) is 1. The van der Waals surface area contributed by atoms with E-state index in [2.05, 4.69) is 73.8 Å². The summed E-state index contributed by atoms with van der Waals surface area (Å²) in [5, 5.41) is 14.7. The van der Waals surface area contributed by atoms with Gasteiger partial charge in [0.1, 0.15) is 0 Å². The molecular weight excluding hydrogens is 1550 g/mol. The molecule has 7 nitrogen and oxygen atoms in total. The Morgan fingerprint density at radius 3 is 0.619 bits per heavy atom. The Hall–Kier alpha value is 6.39. The topological polar surface area (TPSA) is 110 Å². The Balaban J connectivity index is -0.0000000680. The average Bonchev–Trinajstić information content (AvgIpc) is 3.27. The summed E-state index contributed by atoms with van der Waals surface area (Å²) in [4.78, 5) is 29.5. The summed E-state index contributed by atoms with van der Waals surface area (Å²) in [5.74, 6) is 13.5. The van der Waals surface area contributed by atoms with Crippen LogP contribution >= 0.6 is 0 Å². The molecule has 362 valence electrons. The first-order chi connectivity index (χ1) is 30.0. The van der Waals surface area contributed by atoms with Gasteiger partial charge in [-0.25, -0.2) is 14.4 Å². The van der Waals surface area contributed by atoms with Gasteiger partial charge in [0.05, 0.1) is 14.2 Å². The van der Waals surface area contributed by atoms with Crippen LogP contribution in [0.25, 0.3) is 0 Å². The number of carbonyl (C=O) groups excluding carboxylic acids is 2. The van der Waals surface area contributed by atoms with E-state index in [-0.39, 0.29) is 52.8 Å². The third-order valence-electron chi connectivity index (χ3n) is 1.83. The number of carbonyl (C=O) groups is 3. The van der Waals surface area contributed by atoms with Crippen LogP contribution in [0.4, 0.5) is 0 Å². The Bertz CT molecular complexity index is 2860. The van der Waals surface area contributed by atoms with Crippen molar-refractivity contribution in [1.82, 2.24) is 0 Å². The molecule has 0 unspecified atom stereocenters. The number of methoxy groups -OCH3 is 2. The van der Waals surface area contributed by atoms with Crippen LogP contribution in [0.5, 0.6) is 0 Å². The van der Waals surface area contributed by atoms with Gasteiger partial charge in [0.25, 0.3) is 0 Å². The van der Waals surface area contributed by atoms with E-state index in [1.807, 2.05) is 5.92 Å². The normalized spacial score (nSPS) is 6.21. The quantitative estimate of drug-likeness (QED) is 0.118. The molecule has 45 heteroatoms. The van der Waals surface area contributed by atoms with Crippen LogP contribution in [0, 0.1) is 47.9 Å². The number of hydrogen-bond donors (Lipinski definition) is 2. The van der Waals surface area contributed by atoms with Crippen LogP contribution in [0.2, 0.25) is 0 Å². The number of carboxylic acids is 1. The maximum atomic E-state index is 10.0. The van der Waals surface area contributed by atoms with Crippen molar-refractivity contribution in [2.45, 2.75) is 27.7 Å². The average molecular weight is 1580 g/mol. The minimum absolute atomic E-state index is 0. The molecule has 0 saturated carbocycles. The standard InChI is InChI=1S/2C5H6O2.C4H4O2.C3H4.CH4O.K.S14.S13.S10.H/c2*1-3-4-5(6)7-2;1-2-3-4(5)6;1-3-2;1-2;;1-3-5-7-9-11-13-14-12-10-8-6-4-2;1-3-5-7-9-11-13-12-10-8-6-4-2;1-3-5-7-9-10-8-6-4-2;/h2*1-2H3;1H3,(H,5,6);1H,2H3;2H,1H3;;;;;/q;;;;;+1;;;;-1. The van der Waals surface area contributed by atoms with Gasteiger partial charge in [-0.1, -0.05) is 17.8 Å². The van der Waals surface area contributed by atoms with Gasteiger partial charge in [0, 0.05) is 367 Å². The Labute approximate surface area is 531 Å². The molecule has 0 amide bonds. The van der Waals surface area contributed by atoms with Crippen LogP contribution in [0.15, 0.2) is 0 Å². The van der Waals surface area contributed by atoms with Crippen LogP contribution in [-0.2, 0) is 366 Å². The summed E-state index contributed by atoms with van der Waals surface area (Å²) in [7, 11) is 54.3. The SMILES string of the molecule is C#CC.CC#CC(=O)O.CC#CC(=O)OC.CC#CC(=O)OC.CO.S=S=S=S=S=S=S=S=S=S.S=S=S=S=S=S=S=S=S=S=S=S=S.S=S=S=S=S=S=S=S=S=S=S=S=S=S.[H-].[K+]. The minimum atomic E-state index is -1.07. The van der Waals surface area contributed by atoms with Crippen LogP contribution < -0.4 is 51.4 Å². The number of aliphatic hydroxyl groups is 1. The molecular formula is C18H25KO7S37.